The molecule has 1 aromatic carbocycles. The highest BCUT2D eigenvalue weighted by atomic mass is 32.1. The Labute approximate surface area is 123 Å². The van der Waals surface area contributed by atoms with E-state index < -0.39 is 5.97 Å². The lowest BCUT2D eigenvalue weighted by Gasteiger charge is -2.03. The van der Waals surface area contributed by atoms with E-state index in [1.54, 1.807) is 12.1 Å². The molecule has 2 heterocycles. The average Bonchev–Trinajstić information content (AvgIpc) is 3.16. The average molecular weight is 302 g/mol. The molecule has 1 N–H and O–H groups in total. The van der Waals surface area contributed by atoms with Crippen LogP contribution in [0.25, 0.3) is 10.8 Å². The standard InChI is InChI=1S/C14H10N2O4S/c17-14(18)9-3-1-4-10(7-9)19-8-12-15-16-13(20-12)11-5-2-6-21-11/h1-7H,8H2,(H,17,18). The molecule has 0 amide bonds. The van der Waals surface area contributed by atoms with Crippen molar-refractivity contribution in [3.63, 3.8) is 0 Å². The molecule has 0 atom stereocenters. The van der Waals surface area contributed by atoms with Gasteiger partial charge in [-0.3, -0.25) is 0 Å². The molecule has 2 aromatic heterocycles. The smallest absolute Gasteiger partial charge is 0.335 e. The van der Waals surface area contributed by atoms with E-state index >= 15 is 0 Å². The van der Waals surface area contributed by atoms with Crippen LogP contribution in [0.5, 0.6) is 5.75 Å². The Hall–Kier alpha value is -2.67. The number of carbonyl (C=O) groups is 1. The fraction of sp³-hybridized carbons (Fsp3) is 0.0714. The molecule has 0 aliphatic rings. The number of carboxylic acid groups (broad SMARTS) is 1. The van der Waals surface area contributed by atoms with Gasteiger partial charge in [0, 0.05) is 0 Å². The van der Waals surface area contributed by atoms with Crippen molar-refractivity contribution in [1.82, 2.24) is 10.2 Å². The highest BCUT2D eigenvalue weighted by molar-refractivity contribution is 7.13. The molecular weight excluding hydrogens is 292 g/mol. The van der Waals surface area contributed by atoms with Gasteiger partial charge in [0.1, 0.15) is 5.75 Å². The minimum Gasteiger partial charge on any atom is -0.484 e. The van der Waals surface area contributed by atoms with Crippen LogP contribution in [0.1, 0.15) is 16.2 Å². The predicted molar refractivity (Wildman–Crippen MR) is 75.3 cm³/mol. The topological polar surface area (TPSA) is 85.5 Å². The first-order valence-corrected chi connectivity index (χ1v) is 6.93. The zero-order chi connectivity index (χ0) is 14.7. The maximum atomic E-state index is 10.9. The van der Waals surface area contributed by atoms with Crippen molar-refractivity contribution < 1.29 is 19.1 Å². The van der Waals surface area contributed by atoms with Gasteiger partial charge >= 0.3 is 5.97 Å². The fourth-order valence-electron chi connectivity index (χ4n) is 1.68. The maximum absolute atomic E-state index is 10.9. The van der Waals surface area contributed by atoms with Crippen LogP contribution in [-0.4, -0.2) is 21.3 Å². The Bertz CT molecular complexity index is 752. The summed E-state index contributed by atoms with van der Waals surface area (Å²) in [6, 6.07) is 10.0. The highest BCUT2D eigenvalue weighted by Crippen LogP contribution is 2.23. The maximum Gasteiger partial charge on any atom is 0.335 e. The Morgan fingerprint density at radius 2 is 2.19 bits per heavy atom. The summed E-state index contributed by atoms with van der Waals surface area (Å²) in [6.07, 6.45) is 0. The van der Waals surface area contributed by atoms with Crippen LogP contribution in [0, 0.1) is 0 Å². The summed E-state index contributed by atoms with van der Waals surface area (Å²) >= 11 is 1.51. The molecule has 3 aromatic rings. The first-order valence-electron chi connectivity index (χ1n) is 6.05. The minimum atomic E-state index is -1.00. The van der Waals surface area contributed by atoms with Gasteiger partial charge < -0.3 is 14.3 Å². The first-order chi connectivity index (χ1) is 10.2. The molecule has 0 aliphatic heterocycles. The summed E-state index contributed by atoms with van der Waals surface area (Å²) < 4.78 is 10.9. The van der Waals surface area contributed by atoms with Crippen LogP contribution in [-0.2, 0) is 6.61 Å². The molecule has 0 aliphatic carbocycles. The van der Waals surface area contributed by atoms with Crippen LogP contribution in [0.15, 0.2) is 46.2 Å². The molecule has 0 radical (unpaired) electrons. The largest absolute Gasteiger partial charge is 0.484 e. The zero-order valence-corrected chi connectivity index (χ0v) is 11.5. The van der Waals surface area contributed by atoms with Gasteiger partial charge in [0.25, 0.3) is 11.8 Å². The van der Waals surface area contributed by atoms with Crippen molar-refractivity contribution in [3.8, 4) is 16.5 Å². The molecule has 7 heteroatoms. The van der Waals surface area contributed by atoms with Crippen LogP contribution in [0.3, 0.4) is 0 Å². The van der Waals surface area contributed by atoms with E-state index in [4.69, 9.17) is 14.3 Å². The summed E-state index contributed by atoms with van der Waals surface area (Å²) in [6.45, 7) is 0.0848. The predicted octanol–water partition coefficient (Wildman–Crippen LogP) is 3.08. The zero-order valence-electron chi connectivity index (χ0n) is 10.7. The molecule has 0 saturated heterocycles. The monoisotopic (exact) mass is 302 g/mol. The number of aromatic nitrogens is 2. The second-order valence-electron chi connectivity index (χ2n) is 4.10. The van der Waals surface area contributed by atoms with Crippen LogP contribution < -0.4 is 4.74 Å². The van der Waals surface area contributed by atoms with Gasteiger partial charge in [-0.25, -0.2) is 4.79 Å². The van der Waals surface area contributed by atoms with Crippen molar-refractivity contribution in [3.05, 3.63) is 53.2 Å². The number of hydrogen-bond acceptors (Lipinski definition) is 6. The molecule has 0 unspecified atom stereocenters. The third-order valence-electron chi connectivity index (χ3n) is 2.64. The third kappa shape index (κ3) is 3.09. The second-order valence-corrected chi connectivity index (χ2v) is 5.05. The SMILES string of the molecule is O=C(O)c1cccc(OCc2nnc(-c3cccs3)o2)c1. The van der Waals surface area contributed by atoms with E-state index in [1.807, 2.05) is 17.5 Å². The summed E-state index contributed by atoms with van der Waals surface area (Å²) in [5.74, 6) is 0.214. The summed E-state index contributed by atoms with van der Waals surface area (Å²) in [5.41, 5.74) is 0.164. The Balaban J connectivity index is 1.68. The van der Waals surface area contributed by atoms with Crippen LogP contribution in [0.4, 0.5) is 0 Å². The van der Waals surface area contributed by atoms with Gasteiger partial charge in [-0.1, -0.05) is 12.1 Å². The summed E-state index contributed by atoms with van der Waals surface area (Å²) in [5, 5.41) is 18.7. The second kappa shape index (κ2) is 5.76. The highest BCUT2D eigenvalue weighted by Gasteiger charge is 2.10. The van der Waals surface area contributed by atoms with Crippen molar-refractivity contribution >= 4 is 17.3 Å². The first kappa shape index (κ1) is 13.3. The summed E-state index contributed by atoms with van der Waals surface area (Å²) in [4.78, 5) is 11.8. The number of rotatable bonds is 5. The number of hydrogen-bond donors (Lipinski definition) is 1. The Kier molecular flexibility index (Phi) is 3.65. The third-order valence-corrected chi connectivity index (χ3v) is 3.50. The number of aromatic carboxylic acids is 1. The van der Waals surface area contributed by atoms with Gasteiger partial charge in [0.05, 0.1) is 10.4 Å². The fourth-order valence-corrected chi connectivity index (χ4v) is 2.32. The van der Waals surface area contributed by atoms with E-state index in [0.717, 1.165) is 4.88 Å². The van der Waals surface area contributed by atoms with Gasteiger partial charge in [0.15, 0.2) is 6.61 Å². The van der Waals surface area contributed by atoms with E-state index in [2.05, 4.69) is 10.2 Å². The van der Waals surface area contributed by atoms with Crippen molar-refractivity contribution in [2.45, 2.75) is 6.61 Å². The van der Waals surface area contributed by atoms with E-state index in [1.165, 1.54) is 23.5 Å². The van der Waals surface area contributed by atoms with Gasteiger partial charge in [-0.15, -0.1) is 21.5 Å². The Morgan fingerprint density at radius 3 is 2.95 bits per heavy atom. The summed E-state index contributed by atoms with van der Waals surface area (Å²) in [7, 11) is 0. The number of thiophene rings is 1. The molecule has 0 bridgehead atoms. The van der Waals surface area contributed by atoms with Gasteiger partial charge in [0.2, 0.25) is 0 Å². The quantitative estimate of drug-likeness (QED) is 0.779. The van der Waals surface area contributed by atoms with Crippen LogP contribution in [0.2, 0.25) is 0 Å². The number of carboxylic acids is 1. The molecule has 106 valence electrons. The van der Waals surface area contributed by atoms with Crippen molar-refractivity contribution in [2.75, 3.05) is 0 Å². The van der Waals surface area contributed by atoms with E-state index in [9.17, 15) is 4.79 Å². The van der Waals surface area contributed by atoms with Crippen molar-refractivity contribution in [1.29, 1.82) is 0 Å². The normalized spacial score (nSPS) is 10.5. The van der Waals surface area contributed by atoms with E-state index in [0.29, 0.717) is 17.5 Å². The minimum absolute atomic E-state index is 0.0848. The molecular formula is C14H10N2O4S. The molecule has 6 nitrogen and oxygen atoms in total. The molecule has 0 spiro atoms. The van der Waals surface area contributed by atoms with Gasteiger partial charge in [-0.2, -0.15) is 0 Å². The van der Waals surface area contributed by atoms with E-state index in [-0.39, 0.29) is 12.2 Å². The number of benzene rings is 1. The molecule has 0 saturated carbocycles. The molecule has 0 fully saturated rings. The number of nitrogens with zero attached hydrogens (tertiary/aromatic N) is 2. The number of ether oxygens (including phenoxy) is 1. The lowest BCUT2D eigenvalue weighted by Crippen LogP contribution is -1.99. The van der Waals surface area contributed by atoms with Crippen LogP contribution >= 0.6 is 11.3 Å². The van der Waals surface area contributed by atoms with Gasteiger partial charge in [-0.05, 0) is 29.6 Å². The lowest BCUT2D eigenvalue weighted by molar-refractivity contribution is 0.0696. The van der Waals surface area contributed by atoms with Crippen molar-refractivity contribution in [2.24, 2.45) is 0 Å². The molecule has 21 heavy (non-hydrogen) atoms. The Morgan fingerprint density at radius 1 is 1.29 bits per heavy atom. The lowest BCUT2D eigenvalue weighted by atomic mass is 10.2. The molecule has 3 rings (SSSR count).